The standard InChI is InChI=1S/C17H15BrN4O/c1-12-6-7-15(16(10-12)22-9-8-19-11-22)21-17(23)20-14-5-3-2-4-13(14)18/h2-11H,1H3,(H2,20,21,23). The third-order valence-corrected chi connectivity index (χ3v) is 4.00. The number of amides is 2. The van der Waals surface area contributed by atoms with E-state index in [9.17, 15) is 4.79 Å². The number of urea groups is 1. The van der Waals surface area contributed by atoms with Crippen LogP contribution in [0.4, 0.5) is 16.2 Å². The van der Waals surface area contributed by atoms with E-state index in [0.717, 1.165) is 15.7 Å². The van der Waals surface area contributed by atoms with Gasteiger partial charge in [-0.1, -0.05) is 18.2 Å². The summed E-state index contributed by atoms with van der Waals surface area (Å²) >= 11 is 3.41. The van der Waals surface area contributed by atoms with Gasteiger partial charge in [0.1, 0.15) is 0 Å². The zero-order valence-corrected chi connectivity index (χ0v) is 14.0. The number of nitrogens with one attached hydrogen (secondary N) is 2. The molecule has 0 bridgehead atoms. The molecule has 23 heavy (non-hydrogen) atoms. The molecule has 3 aromatic rings. The first kappa shape index (κ1) is 15.3. The number of imidazole rings is 1. The predicted molar refractivity (Wildman–Crippen MR) is 95.1 cm³/mol. The zero-order valence-electron chi connectivity index (χ0n) is 12.5. The minimum Gasteiger partial charge on any atom is -0.307 e. The summed E-state index contributed by atoms with van der Waals surface area (Å²) in [6.07, 6.45) is 5.24. The number of hydrogen-bond acceptors (Lipinski definition) is 2. The Morgan fingerprint density at radius 3 is 2.65 bits per heavy atom. The van der Waals surface area contributed by atoms with Crippen LogP contribution in [-0.2, 0) is 0 Å². The largest absolute Gasteiger partial charge is 0.323 e. The van der Waals surface area contributed by atoms with Gasteiger partial charge in [-0.25, -0.2) is 9.78 Å². The molecule has 2 amide bonds. The van der Waals surface area contributed by atoms with Crippen LogP contribution in [0.5, 0.6) is 0 Å². The number of carbonyl (C=O) groups excluding carboxylic acids is 1. The van der Waals surface area contributed by atoms with Crippen molar-refractivity contribution in [2.45, 2.75) is 6.92 Å². The number of anilines is 2. The van der Waals surface area contributed by atoms with Crippen LogP contribution in [0.15, 0.2) is 65.7 Å². The number of para-hydroxylation sites is 1. The lowest BCUT2D eigenvalue weighted by molar-refractivity contribution is 0.262. The van der Waals surface area contributed by atoms with Crippen LogP contribution < -0.4 is 10.6 Å². The lowest BCUT2D eigenvalue weighted by Crippen LogP contribution is -2.20. The Morgan fingerprint density at radius 1 is 1.13 bits per heavy atom. The molecule has 0 saturated heterocycles. The van der Waals surface area contributed by atoms with Crippen molar-refractivity contribution in [3.05, 3.63) is 71.2 Å². The Morgan fingerprint density at radius 2 is 1.91 bits per heavy atom. The Balaban J connectivity index is 1.83. The van der Waals surface area contributed by atoms with Gasteiger partial charge >= 0.3 is 6.03 Å². The molecule has 6 heteroatoms. The second-order valence-electron chi connectivity index (χ2n) is 5.05. The van der Waals surface area contributed by atoms with Crippen molar-refractivity contribution in [1.82, 2.24) is 9.55 Å². The summed E-state index contributed by atoms with van der Waals surface area (Å²) in [6.45, 7) is 2.01. The molecule has 2 N–H and O–H groups in total. The van der Waals surface area contributed by atoms with Crippen molar-refractivity contribution >= 4 is 33.3 Å². The minimum absolute atomic E-state index is 0.304. The molecule has 0 unspecified atom stereocenters. The van der Waals surface area contributed by atoms with Crippen molar-refractivity contribution in [3.8, 4) is 5.69 Å². The number of halogens is 1. The van der Waals surface area contributed by atoms with Gasteiger partial charge in [-0.15, -0.1) is 0 Å². The van der Waals surface area contributed by atoms with Crippen LogP contribution in [0.25, 0.3) is 5.69 Å². The average Bonchev–Trinajstić information content (AvgIpc) is 3.05. The first-order valence-corrected chi connectivity index (χ1v) is 7.84. The SMILES string of the molecule is Cc1ccc(NC(=O)Nc2ccccc2Br)c(-n2ccnc2)c1. The Labute approximate surface area is 142 Å². The van der Waals surface area contributed by atoms with E-state index in [1.165, 1.54) is 0 Å². The molecule has 0 atom stereocenters. The summed E-state index contributed by atoms with van der Waals surface area (Å²) in [5.41, 5.74) is 3.38. The van der Waals surface area contributed by atoms with Gasteiger partial charge in [0, 0.05) is 16.9 Å². The fourth-order valence-corrected chi connectivity index (χ4v) is 2.58. The summed E-state index contributed by atoms with van der Waals surface area (Å²) in [6, 6.07) is 13.0. The number of rotatable bonds is 3. The Bertz CT molecular complexity index is 830. The first-order chi connectivity index (χ1) is 11.1. The smallest absolute Gasteiger partial charge is 0.307 e. The van der Waals surface area contributed by atoms with Crippen LogP contribution in [0.2, 0.25) is 0 Å². The molecule has 3 rings (SSSR count). The normalized spacial score (nSPS) is 10.3. The number of benzene rings is 2. The molecule has 0 aliphatic rings. The number of carbonyl (C=O) groups is 1. The third kappa shape index (κ3) is 3.60. The fraction of sp³-hybridized carbons (Fsp3) is 0.0588. The number of aryl methyl sites for hydroxylation is 1. The lowest BCUT2D eigenvalue weighted by Gasteiger charge is -2.14. The molecule has 2 aromatic carbocycles. The Hall–Kier alpha value is -2.60. The zero-order chi connectivity index (χ0) is 16.2. The van der Waals surface area contributed by atoms with Crippen LogP contribution in [0.3, 0.4) is 0 Å². The molecule has 0 saturated carbocycles. The molecule has 0 fully saturated rings. The van der Waals surface area contributed by atoms with E-state index in [2.05, 4.69) is 31.5 Å². The minimum atomic E-state index is -0.304. The van der Waals surface area contributed by atoms with Crippen molar-refractivity contribution in [1.29, 1.82) is 0 Å². The summed E-state index contributed by atoms with van der Waals surface area (Å²) < 4.78 is 2.69. The van der Waals surface area contributed by atoms with E-state index < -0.39 is 0 Å². The molecular weight excluding hydrogens is 356 g/mol. The maximum atomic E-state index is 12.3. The van der Waals surface area contributed by atoms with Crippen LogP contribution in [-0.4, -0.2) is 15.6 Å². The number of hydrogen-bond donors (Lipinski definition) is 2. The fourth-order valence-electron chi connectivity index (χ4n) is 2.20. The van der Waals surface area contributed by atoms with E-state index >= 15 is 0 Å². The predicted octanol–water partition coefficient (Wildman–Crippen LogP) is 4.59. The number of nitrogens with zero attached hydrogens (tertiary/aromatic N) is 2. The summed E-state index contributed by atoms with van der Waals surface area (Å²) in [4.78, 5) is 16.3. The second-order valence-corrected chi connectivity index (χ2v) is 5.90. The van der Waals surface area contributed by atoms with E-state index in [0.29, 0.717) is 11.4 Å². The molecule has 0 spiro atoms. The van der Waals surface area contributed by atoms with Gasteiger partial charge in [-0.3, -0.25) is 0 Å². The summed E-state index contributed by atoms with van der Waals surface area (Å²) in [5, 5.41) is 5.71. The average molecular weight is 371 g/mol. The van der Waals surface area contributed by atoms with E-state index in [4.69, 9.17) is 0 Å². The van der Waals surface area contributed by atoms with E-state index in [1.807, 2.05) is 60.2 Å². The monoisotopic (exact) mass is 370 g/mol. The lowest BCUT2D eigenvalue weighted by atomic mass is 10.2. The molecule has 5 nitrogen and oxygen atoms in total. The van der Waals surface area contributed by atoms with Crippen LogP contribution in [0, 0.1) is 6.92 Å². The highest BCUT2D eigenvalue weighted by Crippen LogP contribution is 2.24. The van der Waals surface area contributed by atoms with Crippen LogP contribution >= 0.6 is 15.9 Å². The summed E-state index contributed by atoms with van der Waals surface area (Å²) in [7, 11) is 0. The van der Waals surface area contributed by atoms with Gasteiger partial charge in [-0.05, 0) is 52.7 Å². The highest BCUT2D eigenvalue weighted by molar-refractivity contribution is 9.10. The third-order valence-electron chi connectivity index (χ3n) is 3.31. The van der Waals surface area contributed by atoms with Crippen molar-refractivity contribution < 1.29 is 4.79 Å². The van der Waals surface area contributed by atoms with Crippen LogP contribution in [0.1, 0.15) is 5.56 Å². The van der Waals surface area contributed by atoms with Crippen molar-refractivity contribution in [3.63, 3.8) is 0 Å². The van der Waals surface area contributed by atoms with Gasteiger partial charge < -0.3 is 15.2 Å². The molecule has 0 aliphatic heterocycles. The second kappa shape index (κ2) is 6.66. The topological polar surface area (TPSA) is 59.0 Å². The molecular formula is C17H15BrN4O. The van der Waals surface area contributed by atoms with E-state index in [-0.39, 0.29) is 6.03 Å². The van der Waals surface area contributed by atoms with Gasteiger partial charge in [0.2, 0.25) is 0 Å². The van der Waals surface area contributed by atoms with Crippen molar-refractivity contribution in [2.75, 3.05) is 10.6 Å². The highest BCUT2D eigenvalue weighted by atomic mass is 79.9. The van der Waals surface area contributed by atoms with Gasteiger partial charge in [0.25, 0.3) is 0 Å². The van der Waals surface area contributed by atoms with Gasteiger partial charge in [0.05, 0.1) is 23.4 Å². The van der Waals surface area contributed by atoms with Gasteiger partial charge in [0.15, 0.2) is 0 Å². The Kier molecular flexibility index (Phi) is 4.43. The summed E-state index contributed by atoms with van der Waals surface area (Å²) in [5.74, 6) is 0. The molecule has 116 valence electrons. The maximum Gasteiger partial charge on any atom is 0.323 e. The van der Waals surface area contributed by atoms with E-state index in [1.54, 1.807) is 12.5 Å². The maximum absolute atomic E-state index is 12.3. The molecule has 0 aliphatic carbocycles. The highest BCUT2D eigenvalue weighted by Gasteiger charge is 2.10. The first-order valence-electron chi connectivity index (χ1n) is 7.05. The molecule has 0 radical (unpaired) electrons. The molecule has 1 aromatic heterocycles. The molecule has 1 heterocycles. The van der Waals surface area contributed by atoms with Gasteiger partial charge in [-0.2, -0.15) is 0 Å². The number of aromatic nitrogens is 2. The van der Waals surface area contributed by atoms with Crippen molar-refractivity contribution in [2.24, 2.45) is 0 Å². The quantitative estimate of drug-likeness (QED) is 0.708.